The zero-order valence-corrected chi connectivity index (χ0v) is 14.2. The van der Waals surface area contributed by atoms with Crippen molar-refractivity contribution in [3.05, 3.63) is 54.1 Å². The summed E-state index contributed by atoms with van der Waals surface area (Å²) in [5.41, 5.74) is 7.44. The summed E-state index contributed by atoms with van der Waals surface area (Å²) in [7, 11) is 1.60. The second-order valence-electron chi connectivity index (χ2n) is 5.56. The van der Waals surface area contributed by atoms with Crippen molar-refractivity contribution in [3.8, 4) is 5.75 Å². The number of anilines is 2. The van der Waals surface area contributed by atoms with Crippen LogP contribution in [0.1, 0.15) is 18.4 Å². The van der Waals surface area contributed by atoms with E-state index in [4.69, 9.17) is 10.5 Å². The lowest BCUT2D eigenvalue weighted by molar-refractivity contribution is -0.117. The lowest BCUT2D eigenvalue weighted by Gasteiger charge is -2.12. The van der Waals surface area contributed by atoms with Gasteiger partial charge in [0.05, 0.1) is 24.9 Å². The Labute approximate surface area is 147 Å². The van der Waals surface area contributed by atoms with Crippen molar-refractivity contribution in [2.24, 2.45) is 5.73 Å². The number of methoxy groups -OCH3 is 1. The van der Waals surface area contributed by atoms with Crippen LogP contribution in [0.3, 0.4) is 0 Å². The minimum Gasteiger partial charge on any atom is -0.497 e. The molecule has 25 heavy (non-hydrogen) atoms. The quantitative estimate of drug-likeness (QED) is 0.688. The number of nitrogens with two attached hydrogens (primary N) is 1. The Kier molecular flexibility index (Phi) is 6.98. The normalized spacial score (nSPS) is 10.2. The zero-order valence-electron chi connectivity index (χ0n) is 14.2. The van der Waals surface area contributed by atoms with Crippen molar-refractivity contribution in [1.29, 1.82) is 0 Å². The van der Waals surface area contributed by atoms with E-state index >= 15 is 0 Å². The summed E-state index contributed by atoms with van der Waals surface area (Å²) in [6.07, 6.45) is 1.21. The Hall–Kier alpha value is -2.86. The molecule has 0 aliphatic heterocycles. The molecule has 0 spiro atoms. The molecule has 2 rings (SSSR count). The van der Waals surface area contributed by atoms with Crippen molar-refractivity contribution in [2.45, 2.75) is 19.3 Å². The molecule has 132 valence electrons. The van der Waals surface area contributed by atoms with E-state index in [1.165, 1.54) is 0 Å². The van der Waals surface area contributed by atoms with Crippen LogP contribution >= 0.6 is 0 Å². The monoisotopic (exact) mass is 341 g/mol. The van der Waals surface area contributed by atoms with Gasteiger partial charge in [-0.15, -0.1) is 0 Å². The average Bonchev–Trinajstić information content (AvgIpc) is 2.62. The molecule has 0 aliphatic carbocycles. The van der Waals surface area contributed by atoms with Crippen LogP contribution in [0.2, 0.25) is 0 Å². The summed E-state index contributed by atoms with van der Waals surface area (Å²) in [6, 6.07) is 14.4. The molecule has 0 radical (unpaired) electrons. The predicted molar refractivity (Wildman–Crippen MR) is 98.7 cm³/mol. The van der Waals surface area contributed by atoms with Crippen molar-refractivity contribution >= 4 is 23.2 Å². The maximum atomic E-state index is 12.3. The number of para-hydroxylation sites is 2. The average molecular weight is 341 g/mol. The molecule has 0 atom stereocenters. The zero-order chi connectivity index (χ0) is 18.1. The molecule has 2 amide bonds. The second kappa shape index (κ2) is 9.44. The van der Waals surface area contributed by atoms with Gasteiger partial charge in [-0.05, 0) is 42.8 Å². The van der Waals surface area contributed by atoms with Gasteiger partial charge in [0.2, 0.25) is 11.8 Å². The molecular weight excluding hydrogens is 318 g/mol. The van der Waals surface area contributed by atoms with Gasteiger partial charge in [0.25, 0.3) is 0 Å². The molecule has 0 fully saturated rings. The summed E-state index contributed by atoms with van der Waals surface area (Å²) >= 11 is 0. The third-order valence-corrected chi connectivity index (χ3v) is 3.61. The van der Waals surface area contributed by atoms with Gasteiger partial charge in [-0.3, -0.25) is 9.59 Å². The first kappa shape index (κ1) is 18.5. The predicted octanol–water partition coefficient (Wildman–Crippen LogP) is 2.55. The van der Waals surface area contributed by atoms with Crippen LogP contribution in [0.5, 0.6) is 5.75 Å². The maximum absolute atomic E-state index is 12.3. The summed E-state index contributed by atoms with van der Waals surface area (Å²) < 4.78 is 5.10. The summed E-state index contributed by atoms with van der Waals surface area (Å²) in [5.74, 6) is 0.464. The molecule has 0 bridgehead atoms. The topological polar surface area (TPSA) is 93.5 Å². The lowest BCUT2D eigenvalue weighted by Crippen LogP contribution is -2.18. The Morgan fingerprint density at radius 3 is 2.12 bits per heavy atom. The molecule has 2 aromatic carbocycles. The van der Waals surface area contributed by atoms with Crippen LogP contribution in [-0.2, 0) is 16.0 Å². The van der Waals surface area contributed by atoms with E-state index in [0.29, 0.717) is 30.8 Å². The summed E-state index contributed by atoms with van der Waals surface area (Å²) in [4.78, 5) is 24.1. The molecule has 0 saturated carbocycles. The first-order valence-electron chi connectivity index (χ1n) is 8.14. The molecule has 0 saturated heterocycles. The van der Waals surface area contributed by atoms with Gasteiger partial charge in [0.15, 0.2) is 0 Å². The Morgan fingerprint density at radius 2 is 1.56 bits per heavy atom. The highest BCUT2D eigenvalue weighted by Crippen LogP contribution is 2.22. The van der Waals surface area contributed by atoms with Crippen LogP contribution in [0.25, 0.3) is 0 Å². The number of hydrogen-bond donors (Lipinski definition) is 3. The molecule has 2 aromatic rings. The van der Waals surface area contributed by atoms with Gasteiger partial charge in [-0.2, -0.15) is 0 Å². The van der Waals surface area contributed by atoms with Crippen molar-refractivity contribution in [1.82, 2.24) is 0 Å². The number of benzene rings is 2. The van der Waals surface area contributed by atoms with Gasteiger partial charge < -0.3 is 21.1 Å². The van der Waals surface area contributed by atoms with Crippen molar-refractivity contribution < 1.29 is 14.3 Å². The fourth-order valence-corrected chi connectivity index (χ4v) is 2.30. The van der Waals surface area contributed by atoms with E-state index in [2.05, 4.69) is 10.6 Å². The third-order valence-electron chi connectivity index (χ3n) is 3.61. The van der Waals surface area contributed by atoms with E-state index in [0.717, 1.165) is 11.3 Å². The van der Waals surface area contributed by atoms with Gasteiger partial charge in [-0.1, -0.05) is 24.3 Å². The molecule has 0 heterocycles. The molecule has 0 aliphatic rings. The first-order chi connectivity index (χ1) is 12.1. The van der Waals surface area contributed by atoms with Crippen LogP contribution in [0, 0.1) is 0 Å². The molecule has 0 unspecified atom stereocenters. The Bertz CT molecular complexity index is 714. The van der Waals surface area contributed by atoms with Crippen LogP contribution in [-0.4, -0.2) is 25.5 Å². The van der Waals surface area contributed by atoms with Gasteiger partial charge in [0, 0.05) is 6.42 Å². The number of ether oxygens (including phenoxy) is 1. The minimum atomic E-state index is -0.158. The SMILES string of the molecule is COc1ccc(CC(=O)Nc2ccccc2NC(=O)CCCN)cc1. The van der Waals surface area contributed by atoms with Crippen LogP contribution in [0.4, 0.5) is 11.4 Å². The highest BCUT2D eigenvalue weighted by molar-refractivity contribution is 6.00. The maximum Gasteiger partial charge on any atom is 0.228 e. The highest BCUT2D eigenvalue weighted by Gasteiger charge is 2.10. The van der Waals surface area contributed by atoms with Gasteiger partial charge in [-0.25, -0.2) is 0 Å². The third kappa shape index (κ3) is 5.93. The number of carbonyl (C=O) groups excluding carboxylic acids is 2. The van der Waals surface area contributed by atoms with Gasteiger partial charge >= 0.3 is 0 Å². The second-order valence-corrected chi connectivity index (χ2v) is 5.56. The molecule has 6 heteroatoms. The Balaban J connectivity index is 1.98. The van der Waals surface area contributed by atoms with E-state index < -0.39 is 0 Å². The van der Waals surface area contributed by atoms with E-state index in [1.54, 1.807) is 31.4 Å². The molecular formula is C19H23N3O3. The smallest absolute Gasteiger partial charge is 0.228 e. The van der Waals surface area contributed by atoms with Crippen LogP contribution in [0.15, 0.2) is 48.5 Å². The summed E-state index contributed by atoms with van der Waals surface area (Å²) in [6.45, 7) is 0.466. The van der Waals surface area contributed by atoms with E-state index in [1.807, 2.05) is 24.3 Å². The Morgan fingerprint density at radius 1 is 0.960 bits per heavy atom. The number of amides is 2. The lowest BCUT2D eigenvalue weighted by atomic mass is 10.1. The molecule has 6 nitrogen and oxygen atoms in total. The largest absolute Gasteiger partial charge is 0.497 e. The van der Waals surface area contributed by atoms with E-state index in [9.17, 15) is 9.59 Å². The fraction of sp³-hybridized carbons (Fsp3) is 0.263. The number of rotatable bonds is 8. The minimum absolute atomic E-state index is 0.123. The van der Waals surface area contributed by atoms with E-state index in [-0.39, 0.29) is 18.2 Å². The molecule has 4 N–H and O–H groups in total. The van der Waals surface area contributed by atoms with Gasteiger partial charge in [0.1, 0.15) is 5.75 Å². The number of carbonyl (C=O) groups is 2. The fourth-order valence-electron chi connectivity index (χ4n) is 2.30. The molecule has 0 aromatic heterocycles. The summed E-state index contributed by atoms with van der Waals surface area (Å²) in [5, 5.41) is 5.64. The number of hydrogen-bond acceptors (Lipinski definition) is 4. The van der Waals surface area contributed by atoms with Crippen molar-refractivity contribution in [3.63, 3.8) is 0 Å². The van der Waals surface area contributed by atoms with Crippen molar-refractivity contribution in [2.75, 3.05) is 24.3 Å². The number of nitrogens with one attached hydrogen (secondary N) is 2. The highest BCUT2D eigenvalue weighted by atomic mass is 16.5. The first-order valence-corrected chi connectivity index (χ1v) is 8.14. The standard InChI is InChI=1S/C19H23N3O3/c1-25-15-10-8-14(9-11-15)13-19(24)22-17-6-3-2-5-16(17)21-18(23)7-4-12-20/h2-3,5-6,8-11H,4,7,12-13,20H2,1H3,(H,21,23)(H,22,24). The van der Waals surface area contributed by atoms with Crippen LogP contribution < -0.4 is 21.1 Å².